The van der Waals surface area contributed by atoms with Crippen LogP contribution in [0.15, 0.2) is 11.6 Å². The number of carboxylic acid groups (broad SMARTS) is 1. The van der Waals surface area contributed by atoms with E-state index in [-0.39, 0.29) is 0 Å². The second-order valence-electron chi connectivity index (χ2n) is 4.08. The maximum absolute atomic E-state index is 10.4. The molecule has 0 saturated carbocycles. The van der Waals surface area contributed by atoms with Gasteiger partial charge >= 0.3 is 5.97 Å². The Hall–Kier alpha value is -0.870. The van der Waals surface area contributed by atoms with E-state index in [4.69, 9.17) is 9.84 Å². The molecule has 0 radical (unpaired) electrons. The number of ether oxygens (including phenoxy) is 1. The number of carbonyl (C=O) groups is 1. The van der Waals surface area contributed by atoms with Gasteiger partial charge in [0.2, 0.25) is 0 Å². The average Bonchev–Trinajstić information content (AvgIpc) is 2.50. The standard InChI is InChI=1S/C11H19NO3/c1-8(5-11(13)14)6-12-7-10-3-4-15-9(10)2/h5,9-10,12H,3-4,6-7H2,1-2H3,(H,13,14). The van der Waals surface area contributed by atoms with Gasteiger partial charge in [-0.05, 0) is 26.2 Å². The van der Waals surface area contributed by atoms with Crippen molar-refractivity contribution in [3.05, 3.63) is 11.6 Å². The lowest BCUT2D eigenvalue weighted by molar-refractivity contribution is -0.131. The van der Waals surface area contributed by atoms with Crippen molar-refractivity contribution < 1.29 is 14.6 Å². The normalized spacial score (nSPS) is 26.9. The predicted molar refractivity (Wildman–Crippen MR) is 57.8 cm³/mol. The van der Waals surface area contributed by atoms with Gasteiger partial charge in [0.25, 0.3) is 0 Å². The Kier molecular flexibility index (Phi) is 4.78. The van der Waals surface area contributed by atoms with Gasteiger partial charge in [-0.15, -0.1) is 0 Å². The number of rotatable bonds is 5. The first-order valence-electron chi connectivity index (χ1n) is 5.32. The molecule has 0 aromatic heterocycles. The monoisotopic (exact) mass is 213 g/mol. The minimum atomic E-state index is -0.883. The molecule has 0 aliphatic carbocycles. The van der Waals surface area contributed by atoms with Crippen LogP contribution in [0.4, 0.5) is 0 Å². The van der Waals surface area contributed by atoms with Gasteiger partial charge in [0.1, 0.15) is 0 Å². The molecule has 2 N–H and O–H groups in total. The van der Waals surface area contributed by atoms with E-state index in [0.717, 1.165) is 25.1 Å². The van der Waals surface area contributed by atoms with Crippen molar-refractivity contribution in [1.82, 2.24) is 5.32 Å². The van der Waals surface area contributed by atoms with Gasteiger partial charge in [-0.3, -0.25) is 0 Å². The smallest absolute Gasteiger partial charge is 0.328 e. The molecule has 0 aromatic carbocycles. The van der Waals surface area contributed by atoms with Crippen LogP contribution in [0.1, 0.15) is 20.3 Å². The average molecular weight is 213 g/mol. The Morgan fingerprint density at radius 1 is 1.67 bits per heavy atom. The first kappa shape index (κ1) is 12.2. The maximum atomic E-state index is 10.4. The number of nitrogens with one attached hydrogen (secondary N) is 1. The summed E-state index contributed by atoms with van der Waals surface area (Å²) in [6.45, 7) is 6.27. The van der Waals surface area contributed by atoms with Crippen LogP contribution in [0.3, 0.4) is 0 Å². The molecule has 0 spiro atoms. The quantitative estimate of drug-likeness (QED) is 0.670. The van der Waals surface area contributed by atoms with Crippen molar-refractivity contribution in [2.24, 2.45) is 5.92 Å². The second kappa shape index (κ2) is 5.88. The van der Waals surface area contributed by atoms with Gasteiger partial charge in [0, 0.05) is 25.8 Å². The van der Waals surface area contributed by atoms with Crippen LogP contribution < -0.4 is 5.32 Å². The van der Waals surface area contributed by atoms with Crippen LogP contribution in [0.5, 0.6) is 0 Å². The van der Waals surface area contributed by atoms with Gasteiger partial charge in [0.15, 0.2) is 0 Å². The zero-order valence-electron chi connectivity index (χ0n) is 9.32. The SMILES string of the molecule is CC(=CC(=O)O)CNCC1CCOC1C. The van der Waals surface area contributed by atoms with Gasteiger partial charge < -0.3 is 15.2 Å². The molecule has 1 saturated heterocycles. The molecule has 0 bridgehead atoms. The lowest BCUT2D eigenvalue weighted by Crippen LogP contribution is -2.28. The summed E-state index contributed by atoms with van der Waals surface area (Å²) in [6, 6.07) is 0. The number of aliphatic carboxylic acids is 1. The molecule has 1 fully saturated rings. The van der Waals surface area contributed by atoms with E-state index in [1.165, 1.54) is 6.08 Å². The van der Waals surface area contributed by atoms with Gasteiger partial charge in [-0.25, -0.2) is 4.79 Å². The largest absolute Gasteiger partial charge is 0.478 e. The Morgan fingerprint density at radius 3 is 2.93 bits per heavy atom. The maximum Gasteiger partial charge on any atom is 0.328 e. The third-order valence-electron chi connectivity index (χ3n) is 2.71. The minimum absolute atomic E-state index is 0.321. The molecule has 2 atom stereocenters. The summed E-state index contributed by atoms with van der Waals surface area (Å²) in [7, 11) is 0. The molecular formula is C11H19NO3. The van der Waals surface area contributed by atoms with E-state index in [9.17, 15) is 4.79 Å². The minimum Gasteiger partial charge on any atom is -0.478 e. The second-order valence-corrected chi connectivity index (χ2v) is 4.08. The van der Waals surface area contributed by atoms with E-state index in [1.54, 1.807) is 0 Å². The molecule has 15 heavy (non-hydrogen) atoms. The zero-order valence-corrected chi connectivity index (χ0v) is 9.32. The fraction of sp³-hybridized carbons (Fsp3) is 0.727. The molecule has 4 nitrogen and oxygen atoms in total. The van der Waals surface area contributed by atoms with Crippen LogP contribution in [0.25, 0.3) is 0 Å². The molecule has 1 aliphatic heterocycles. The summed E-state index contributed by atoms with van der Waals surface area (Å²) in [5.41, 5.74) is 0.842. The highest BCUT2D eigenvalue weighted by atomic mass is 16.5. The van der Waals surface area contributed by atoms with Crippen LogP contribution >= 0.6 is 0 Å². The number of hydrogen-bond acceptors (Lipinski definition) is 3. The summed E-state index contributed by atoms with van der Waals surface area (Å²) < 4.78 is 5.44. The van der Waals surface area contributed by atoms with Crippen molar-refractivity contribution in [1.29, 1.82) is 0 Å². The first-order valence-corrected chi connectivity index (χ1v) is 5.32. The molecule has 1 rings (SSSR count). The van der Waals surface area contributed by atoms with Crippen LogP contribution in [-0.2, 0) is 9.53 Å². The molecule has 2 unspecified atom stereocenters. The highest BCUT2D eigenvalue weighted by Crippen LogP contribution is 2.19. The van der Waals surface area contributed by atoms with E-state index in [1.807, 2.05) is 6.92 Å². The summed E-state index contributed by atoms with van der Waals surface area (Å²) in [5, 5.41) is 11.8. The van der Waals surface area contributed by atoms with Gasteiger partial charge in [-0.2, -0.15) is 0 Å². The van der Waals surface area contributed by atoms with Crippen molar-refractivity contribution in [3.8, 4) is 0 Å². The fourth-order valence-electron chi connectivity index (χ4n) is 1.76. The lowest BCUT2D eigenvalue weighted by atomic mass is 10.0. The molecule has 4 heteroatoms. The molecule has 0 aromatic rings. The Labute approximate surface area is 90.3 Å². The van der Waals surface area contributed by atoms with E-state index in [0.29, 0.717) is 18.6 Å². The van der Waals surface area contributed by atoms with Crippen LogP contribution in [0.2, 0.25) is 0 Å². The summed E-state index contributed by atoms with van der Waals surface area (Å²) in [6.07, 6.45) is 2.65. The highest BCUT2D eigenvalue weighted by Gasteiger charge is 2.23. The molecular weight excluding hydrogens is 194 g/mol. The topological polar surface area (TPSA) is 58.6 Å². The van der Waals surface area contributed by atoms with Gasteiger partial charge in [-0.1, -0.05) is 5.57 Å². The highest BCUT2D eigenvalue weighted by molar-refractivity contribution is 5.80. The van der Waals surface area contributed by atoms with E-state index in [2.05, 4.69) is 12.2 Å². The van der Waals surface area contributed by atoms with Crippen LogP contribution in [-0.4, -0.2) is 36.9 Å². The molecule has 0 amide bonds. The summed E-state index contributed by atoms with van der Waals surface area (Å²) in [5.74, 6) is -0.325. The van der Waals surface area contributed by atoms with Crippen molar-refractivity contribution >= 4 is 5.97 Å². The Morgan fingerprint density at radius 2 is 2.40 bits per heavy atom. The fourth-order valence-corrected chi connectivity index (χ4v) is 1.76. The van der Waals surface area contributed by atoms with Gasteiger partial charge in [0.05, 0.1) is 6.10 Å². The Bertz CT molecular complexity index is 250. The van der Waals surface area contributed by atoms with Crippen molar-refractivity contribution in [2.45, 2.75) is 26.4 Å². The van der Waals surface area contributed by atoms with Crippen molar-refractivity contribution in [2.75, 3.05) is 19.7 Å². The van der Waals surface area contributed by atoms with E-state index < -0.39 is 5.97 Å². The zero-order chi connectivity index (χ0) is 11.3. The molecule has 86 valence electrons. The molecule has 1 heterocycles. The Balaban J connectivity index is 2.18. The van der Waals surface area contributed by atoms with E-state index >= 15 is 0 Å². The van der Waals surface area contributed by atoms with Crippen molar-refractivity contribution in [3.63, 3.8) is 0 Å². The third-order valence-corrected chi connectivity index (χ3v) is 2.71. The first-order chi connectivity index (χ1) is 7.09. The summed E-state index contributed by atoms with van der Waals surface area (Å²) in [4.78, 5) is 10.4. The third kappa shape index (κ3) is 4.44. The molecule has 1 aliphatic rings. The summed E-state index contributed by atoms with van der Waals surface area (Å²) >= 11 is 0. The number of hydrogen-bond donors (Lipinski definition) is 2. The lowest BCUT2D eigenvalue weighted by Gasteiger charge is -2.14. The predicted octanol–water partition coefficient (Wildman–Crippen LogP) is 1.03. The van der Waals surface area contributed by atoms with Crippen LogP contribution in [0, 0.1) is 5.92 Å². The number of carboxylic acids is 1.